The van der Waals surface area contributed by atoms with Crippen LogP contribution in [0.2, 0.25) is 0 Å². The summed E-state index contributed by atoms with van der Waals surface area (Å²) in [5, 5.41) is 12.5. The summed E-state index contributed by atoms with van der Waals surface area (Å²) in [5.74, 6) is 1.70. The number of nitrogens with one attached hydrogen (secondary N) is 1. The van der Waals surface area contributed by atoms with E-state index < -0.39 is 0 Å². The lowest BCUT2D eigenvalue weighted by Crippen LogP contribution is -2.33. The topological polar surface area (TPSA) is 67.6 Å². The summed E-state index contributed by atoms with van der Waals surface area (Å²) in [4.78, 5) is 7.45. The number of H-pyrrole nitrogens is 1. The molecular weight excluding hydrogens is 386 g/mol. The summed E-state index contributed by atoms with van der Waals surface area (Å²) in [5.41, 5.74) is 7.94. The van der Waals surface area contributed by atoms with E-state index in [1.54, 1.807) is 0 Å². The van der Waals surface area contributed by atoms with Crippen LogP contribution in [0.15, 0.2) is 30.3 Å². The van der Waals surface area contributed by atoms with Gasteiger partial charge in [0.25, 0.3) is 0 Å². The molecule has 0 radical (unpaired) electrons. The maximum atomic E-state index is 4.91. The highest BCUT2D eigenvalue weighted by Crippen LogP contribution is 2.32. The number of para-hydroxylation sites is 2. The third-order valence-electron chi connectivity index (χ3n) is 6.81. The summed E-state index contributed by atoms with van der Waals surface area (Å²) < 4.78 is 4.28. The first-order valence-corrected chi connectivity index (χ1v) is 11.3. The van der Waals surface area contributed by atoms with E-state index in [1.165, 1.54) is 17.0 Å². The maximum Gasteiger partial charge on any atom is 0.124 e. The van der Waals surface area contributed by atoms with Crippen molar-refractivity contribution < 1.29 is 0 Å². The predicted molar refractivity (Wildman–Crippen MR) is 123 cm³/mol. The van der Waals surface area contributed by atoms with Gasteiger partial charge in [-0.1, -0.05) is 12.1 Å². The standard InChI is InChI=1S/C24H31N7/c1-5-31-22-9-7-6-8-19(22)25-23(31)15-30-12-10-18(11-13-30)20-14-21(27-26-20)24-16(2)28-29(4)17(24)3/h6-9,14,18H,5,10-13,15H2,1-4H3,(H,26,27). The molecule has 0 saturated carbocycles. The Morgan fingerprint density at radius 3 is 2.61 bits per heavy atom. The van der Waals surface area contributed by atoms with E-state index in [-0.39, 0.29) is 0 Å². The second-order valence-electron chi connectivity index (χ2n) is 8.69. The molecule has 7 heteroatoms. The summed E-state index contributed by atoms with van der Waals surface area (Å²) >= 11 is 0. The average Bonchev–Trinajstić information content (AvgIpc) is 3.44. The molecule has 0 unspecified atom stereocenters. The second-order valence-corrected chi connectivity index (χ2v) is 8.69. The van der Waals surface area contributed by atoms with Crippen LogP contribution in [-0.4, -0.2) is 47.5 Å². The number of benzene rings is 1. The van der Waals surface area contributed by atoms with Crippen LogP contribution in [0.4, 0.5) is 0 Å². The van der Waals surface area contributed by atoms with Crippen molar-refractivity contribution in [2.75, 3.05) is 13.1 Å². The predicted octanol–water partition coefficient (Wildman–Crippen LogP) is 4.18. The Bertz CT molecular complexity index is 1200. The van der Waals surface area contributed by atoms with Crippen LogP contribution in [0.3, 0.4) is 0 Å². The highest BCUT2D eigenvalue weighted by Gasteiger charge is 2.24. The molecule has 7 nitrogen and oxygen atoms in total. The van der Waals surface area contributed by atoms with Gasteiger partial charge < -0.3 is 4.57 Å². The normalized spacial score (nSPS) is 15.9. The number of aryl methyl sites for hydroxylation is 3. The summed E-state index contributed by atoms with van der Waals surface area (Å²) in [6, 6.07) is 10.7. The molecular formula is C24H31N7. The number of nitrogens with zero attached hydrogens (tertiary/aromatic N) is 6. The molecule has 1 aliphatic rings. The monoisotopic (exact) mass is 417 g/mol. The van der Waals surface area contributed by atoms with Crippen molar-refractivity contribution >= 4 is 11.0 Å². The Morgan fingerprint density at radius 1 is 1.13 bits per heavy atom. The summed E-state index contributed by atoms with van der Waals surface area (Å²) in [6.45, 7) is 10.4. The number of rotatable bonds is 5. The molecule has 1 N–H and O–H groups in total. The minimum absolute atomic E-state index is 0.528. The fourth-order valence-electron chi connectivity index (χ4n) is 5.02. The zero-order valence-corrected chi connectivity index (χ0v) is 18.9. The minimum atomic E-state index is 0.528. The van der Waals surface area contributed by atoms with Crippen molar-refractivity contribution in [1.29, 1.82) is 0 Å². The lowest BCUT2D eigenvalue weighted by atomic mass is 9.93. The number of piperidine rings is 1. The highest BCUT2D eigenvalue weighted by atomic mass is 15.3. The number of fused-ring (bicyclic) bond motifs is 1. The van der Waals surface area contributed by atoms with Crippen LogP contribution in [0, 0.1) is 13.8 Å². The second kappa shape index (κ2) is 7.96. The van der Waals surface area contributed by atoms with Gasteiger partial charge in [0.05, 0.1) is 29.0 Å². The fourth-order valence-corrected chi connectivity index (χ4v) is 5.02. The van der Waals surface area contributed by atoms with Gasteiger partial charge in [-0.05, 0) is 64.9 Å². The summed E-state index contributed by atoms with van der Waals surface area (Å²) in [7, 11) is 1.99. The van der Waals surface area contributed by atoms with Crippen molar-refractivity contribution in [3.05, 3.63) is 53.2 Å². The van der Waals surface area contributed by atoms with Crippen molar-refractivity contribution in [1.82, 2.24) is 34.4 Å². The van der Waals surface area contributed by atoms with Crippen molar-refractivity contribution in [3.8, 4) is 11.3 Å². The van der Waals surface area contributed by atoms with Crippen molar-refractivity contribution in [2.24, 2.45) is 7.05 Å². The van der Waals surface area contributed by atoms with E-state index in [4.69, 9.17) is 4.98 Å². The molecule has 0 aliphatic carbocycles. The first kappa shape index (κ1) is 20.0. The molecule has 162 valence electrons. The molecule has 3 aromatic heterocycles. The molecule has 0 amide bonds. The first-order valence-electron chi connectivity index (χ1n) is 11.3. The van der Waals surface area contributed by atoms with E-state index >= 15 is 0 Å². The van der Waals surface area contributed by atoms with Crippen molar-refractivity contribution in [3.63, 3.8) is 0 Å². The number of aromatic amines is 1. The van der Waals surface area contributed by atoms with Gasteiger partial charge in [-0.2, -0.15) is 10.2 Å². The van der Waals surface area contributed by atoms with Crippen LogP contribution < -0.4 is 0 Å². The zero-order valence-electron chi connectivity index (χ0n) is 18.9. The summed E-state index contributed by atoms with van der Waals surface area (Å²) in [6.07, 6.45) is 2.28. The van der Waals surface area contributed by atoms with E-state index in [0.717, 1.165) is 67.2 Å². The van der Waals surface area contributed by atoms with Gasteiger partial charge in [-0.25, -0.2) is 4.98 Å². The number of aromatic nitrogens is 6. The number of imidazole rings is 1. The largest absolute Gasteiger partial charge is 0.327 e. The number of hydrogen-bond donors (Lipinski definition) is 1. The Hall–Kier alpha value is -2.93. The van der Waals surface area contributed by atoms with Gasteiger partial charge in [-0.15, -0.1) is 0 Å². The van der Waals surface area contributed by atoms with Crippen LogP contribution in [-0.2, 0) is 20.1 Å². The number of hydrogen-bond acceptors (Lipinski definition) is 4. The van der Waals surface area contributed by atoms with Gasteiger partial charge in [0.15, 0.2) is 0 Å². The Kier molecular flexibility index (Phi) is 5.14. The lowest BCUT2D eigenvalue weighted by molar-refractivity contribution is 0.197. The average molecular weight is 418 g/mol. The van der Waals surface area contributed by atoms with Gasteiger partial charge in [0.2, 0.25) is 0 Å². The molecule has 1 saturated heterocycles. The van der Waals surface area contributed by atoms with Gasteiger partial charge in [-0.3, -0.25) is 14.7 Å². The molecule has 0 atom stereocenters. The van der Waals surface area contributed by atoms with Gasteiger partial charge >= 0.3 is 0 Å². The Morgan fingerprint density at radius 2 is 1.90 bits per heavy atom. The van der Waals surface area contributed by atoms with Crippen LogP contribution in [0.25, 0.3) is 22.3 Å². The van der Waals surface area contributed by atoms with E-state index in [0.29, 0.717) is 5.92 Å². The van der Waals surface area contributed by atoms with E-state index in [2.05, 4.69) is 75.9 Å². The number of likely N-dealkylation sites (tertiary alicyclic amines) is 1. The molecule has 31 heavy (non-hydrogen) atoms. The fraction of sp³-hybridized carbons (Fsp3) is 0.458. The van der Waals surface area contributed by atoms with Crippen LogP contribution in [0.5, 0.6) is 0 Å². The first-order chi connectivity index (χ1) is 15.0. The molecule has 5 rings (SSSR count). The van der Waals surface area contributed by atoms with Crippen molar-refractivity contribution in [2.45, 2.75) is 52.6 Å². The Labute approximate surface area is 183 Å². The molecule has 4 aromatic rings. The van der Waals surface area contributed by atoms with E-state index in [1.807, 2.05) is 11.7 Å². The third kappa shape index (κ3) is 3.57. The van der Waals surface area contributed by atoms with Crippen LogP contribution >= 0.6 is 0 Å². The molecule has 0 bridgehead atoms. The van der Waals surface area contributed by atoms with Gasteiger partial charge in [0, 0.05) is 36.5 Å². The third-order valence-corrected chi connectivity index (χ3v) is 6.81. The zero-order chi connectivity index (χ0) is 21.5. The molecule has 1 fully saturated rings. The quantitative estimate of drug-likeness (QED) is 0.529. The SMILES string of the molecule is CCn1c(CN2CCC(c3cc(-c4c(C)nn(C)c4C)n[nH]3)CC2)nc2ccccc21. The maximum absolute atomic E-state index is 4.91. The van der Waals surface area contributed by atoms with E-state index in [9.17, 15) is 0 Å². The molecule has 1 aliphatic heterocycles. The van der Waals surface area contributed by atoms with Crippen LogP contribution in [0.1, 0.15) is 48.6 Å². The minimum Gasteiger partial charge on any atom is -0.327 e. The smallest absolute Gasteiger partial charge is 0.124 e. The highest BCUT2D eigenvalue weighted by molar-refractivity contribution is 5.75. The molecule has 0 spiro atoms. The van der Waals surface area contributed by atoms with Gasteiger partial charge in [0.1, 0.15) is 5.82 Å². The molecule has 1 aromatic carbocycles. The molecule has 4 heterocycles. The lowest BCUT2D eigenvalue weighted by Gasteiger charge is -2.31. The Balaban J connectivity index is 1.27.